The molecule has 0 saturated heterocycles. The number of imidazole rings is 2. The third-order valence-electron chi connectivity index (χ3n) is 6.72. The molecule has 0 bridgehead atoms. The van der Waals surface area contributed by atoms with Crippen molar-refractivity contribution < 1.29 is 8.42 Å². The van der Waals surface area contributed by atoms with E-state index in [1.54, 1.807) is 24.7 Å². The molecular weight excluding hydrogens is 496 g/mol. The molecule has 3 aromatic heterocycles. The van der Waals surface area contributed by atoms with Gasteiger partial charge in [0.15, 0.2) is 21.0 Å². The van der Waals surface area contributed by atoms with E-state index < -0.39 is 21.1 Å². The lowest BCUT2D eigenvalue weighted by Crippen LogP contribution is -2.31. The molecule has 0 atom stereocenters. The van der Waals surface area contributed by atoms with Crippen molar-refractivity contribution in [3.05, 3.63) is 91.2 Å². The van der Waals surface area contributed by atoms with Gasteiger partial charge in [-0.05, 0) is 42.7 Å². The Balaban J connectivity index is 1.34. The van der Waals surface area contributed by atoms with E-state index in [1.165, 1.54) is 32.2 Å². The third-order valence-corrected chi connectivity index (χ3v) is 8.43. The van der Waals surface area contributed by atoms with Crippen molar-refractivity contribution in [3.8, 4) is 0 Å². The van der Waals surface area contributed by atoms with Crippen molar-refractivity contribution >= 4 is 32.0 Å². The predicted octanol–water partition coefficient (Wildman–Crippen LogP) is 1.16. The maximum atomic E-state index is 13.0. The Morgan fingerprint density at radius 2 is 1.59 bits per heavy atom. The summed E-state index contributed by atoms with van der Waals surface area (Å²) in [5.74, 6) is -0.0902. The molecule has 0 unspecified atom stereocenters. The number of hydrogen-bond acceptors (Lipinski definition) is 6. The zero-order valence-electron chi connectivity index (χ0n) is 20.6. The van der Waals surface area contributed by atoms with Gasteiger partial charge in [0.1, 0.15) is 0 Å². The van der Waals surface area contributed by atoms with Gasteiger partial charge in [-0.25, -0.2) is 23.0 Å². The summed E-state index contributed by atoms with van der Waals surface area (Å²) in [4.78, 5) is 43.6. The first-order valence-corrected chi connectivity index (χ1v) is 13.4. The Morgan fingerprint density at radius 3 is 2.30 bits per heavy atom. The molecule has 192 valence electrons. The fourth-order valence-electron chi connectivity index (χ4n) is 4.55. The van der Waals surface area contributed by atoms with Gasteiger partial charge >= 0.3 is 11.4 Å². The molecule has 0 aliphatic rings. The summed E-state index contributed by atoms with van der Waals surface area (Å²) < 4.78 is 32.0. The normalized spacial score (nSPS) is 12.1. The maximum absolute atomic E-state index is 13.0. The zero-order chi connectivity index (χ0) is 26.5. The molecule has 0 radical (unpaired) electrons. The Bertz CT molecular complexity index is 1940. The van der Waals surface area contributed by atoms with Crippen LogP contribution in [0.4, 0.5) is 0 Å². The number of aryl methyl sites for hydroxylation is 4. The number of hydrogen-bond donors (Lipinski definition) is 1. The van der Waals surface area contributed by atoms with Crippen LogP contribution < -0.4 is 16.9 Å². The molecule has 0 aliphatic heterocycles. The van der Waals surface area contributed by atoms with Crippen molar-refractivity contribution in [2.75, 3.05) is 5.75 Å². The fraction of sp³-hybridized carbons (Fsp3) is 0.280. The number of nitrogens with zero attached hydrogens (tertiary/aromatic N) is 5. The van der Waals surface area contributed by atoms with Crippen LogP contribution in [0.25, 0.3) is 22.2 Å². The maximum Gasteiger partial charge on any atom is 0.330 e. The topological polar surface area (TPSA) is 134 Å². The molecule has 0 amide bonds. The minimum Gasteiger partial charge on any atom is -0.325 e. The van der Waals surface area contributed by atoms with Gasteiger partial charge in [0.25, 0.3) is 5.56 Å². The van der Waals surface area contributed by atoms with E-state index >= 15 is 0 Å². The van der Waals surface area contributed by atoms with Gasteiger partial charge in [-0.1, -0.05) is 24.3 Å². The molecular formula is C25H26N6O5S. The molecule has 1 N–H and O–H groups in total. The first-order chi connectivity index (χ1) is 17.6. The Hall–Kier alpha value is -4.19. The van der Waals surface area contributed by atoms with Crippen molar-refractivity contribution in [2.45, 2.75) is 31.3 Å². The van der Waals surface area contributed by atoms with Crippen LogP contribution in [0, 0.1) is 0 Å². The van der Waals surface area contributed by atoms with Crippen LogP contribution in [0.2, 0.25) is 0 Å². The number of fused-ring (bicyclic) bond motifs is 2. The highest BCUT2D eigenvalue weighted by atomic mass is 32.2. The predicted molar refractivity (Wildman–Crippen MR) is 140 cm³/mol. The Labute approximate surface area is 211 Å². The molecule has 3 heterocycles. The Kier molecular flexibility index (Phi) is 5.98. The number of nitrogens with one attached hydrogen (secondary N) is 1. The number of H-pyrrole nitrogens is 1. The van der Waals surface area contributed by atoms with Crippen LogP contribution in [-0.4, -0.2) is 42.4 Å². The molecule has 0 saturated carbocycles. The highest BCUT2D eigenvalue weighted by Crippen LogP contribution is 2.20. The summed E-state index contributed by atoms with van der Waals surface area (Å²) in [6.07, 6.45) is 1.84. The largest absolute Gasteiger partial charge is 0.330 e. The minimum atomic E-state index is -3.58. The van der Waals surface area contributed by atoms with Crippen LogP contribution in [0.3, 0.4) is 0 Å². The smallest absolute Gasteiger partial charge is 0.325 e. The van der Waals surface area contributed by atoms with Crippen molar-refractivity contribution in [1.29, 1.82) is 0 Å². The van der Waals surface area contributed by atoms with Crippen molar-refractivity contribution in [3.63, 3.8) is 0 Å². The number of aromatic nitrogens is 6. The molecule has 0 aliphatic carbocycles. The van der Waals surface area contributed by atoms with Crippen LogP contribution in [0.5, 0.6) is 0 Å². The minimum absolute atomic E-state index is 0.0902. The van der Waals surface area contributed by atoms with Gasteiger partial charge < -0.3 is 4.57 Å². The van der Waals surface area contributed by atoms with E-state index in [2.05, 4.69) is 9.97 Å². The molecule has 0 fully saturated rings. The van der Waals surface area contributed by atoms with Gasteiger partial charge in [0, 0.05) is 20.6 Å². The second-order valence-electron chi connectivity index (χ2n) is 8.98. The molecule has 11 nitrogen and oxygen atoms in total. The van der Waals surface area contributed by atoms with Crippen LogP contribution >= 0.6 is 0 Å². The second kappa shape index (κ2) is 9.04. The molecule has 5 rings (SSSR count). The third kappa shape index (κ3) is 4.22. The molecule has 12 heteroatoms. The first kappa shape index (κ1) is 24.5. The van der Waals surface area contributed by atoms with Crippen LogP contribution in [-0.2, 0) is 43.4 Å². The fourth-order valence-corrected chi connectivity index (χ4v) is 5.86. The summed E-state index contributed by atoms with van der Waals surface area (Å²) in [5, 5.41) is 0. The first-order valence-electron chi connectivity index (χ1n) is 11.7. The summed E-state index contributed by atoms with van der Waals surface area (Å²) in [5.41, 5.74) is 2.31. The van der Waals surface area contributed by atoms with E-state index in [4.69, 9.17) is 0 Å². The quantitative estimate of drug-likeness (QED) is 0.341. The van der Waals surface area contributed by atoms with Crippen molar-refractivity contribution in [2.24, 2.45) is 14.1 Å². The molecule has 37 heavy (non-hydrogen) atoms. The standard InChI is InChI=1S/C25H26N6O5S/c1-4-30-15-26-22-21(30)23(32)27-24(33)31(22)14-17-7-5-16(6-8-17)11-12-37(35,36)18-9-10-19-20(13-18)29(3)25(34)28(19)2/h5-10,13,15H,4,11-12,14H2,1-3H3,(H,27,32,33). The number of benzene rings is 2. The molecule has 2 aromatic carbocycles. The monoisotopic (exact) mass is 522 g/mol. The van der Waals surface area contributed by atoms with E-state index in [9.17, 15) is 22.8 Å². The van der Waals surface area contributed by atoms with E-state index in [-0.39, 0.29) is 22.9 Å². The molecule has 0 spiro atoms. The van der Waals surface area contributed by atoms with Crippen LogP contribution in [0.1, 0.15) is 18.1 Å². The summed E-state index contributed by atoms with van der Waals surface area (Å²) in [6, 6.07) is 12.0. The highest BCUT2D eigenvalue weighted by Gasteiger charge is 2.18. The summed E-state index contributed by atoms with van der Waals surface area (Å²) >= 11 is 0. The summed E-state index contributed by atoms with van der Waals surface area (Å²) in [7, 11) is -0.313. The lowest BCUT2D eigenvalue weighted by atomic mass is 10.1. The lowest BCUT2D eigenvalue weighted by molar-refractivity contribution is 0.595. The van der Waals surface area contributed by atoms with Gasteiger partial charge in [-0.3, -0.25) is 23.5 Å². The summed E-state index contributed by atoms with van der Waals surface area (Å²) in [6.45, 7) is 2.64. The lowest BCUT2D eigenvalue weighted by Gasteiger charge is -2.09. The van der Waals surface area contributed by atoms with Crippen LogP contribution in [0.15, 0.2) is 68.1 Å². The van der Waals surface area contributed by atoms with E-state index in [0.717, 1.165) is 11.1 Å². The second-order valence-corrected chi connectivity index (χ2v) is 11.1. The van der Waals surface area contributed by atoms with Gasteiger partial charge in [0.2, 0.25) is 0 Å². The van der Waals surface area contributed by atoms with E-state index in [1.807, 2.05) is 31.2 Å². The average Bonchev–Trinajstić information content (AvgIpc) is 3.41. The number of sulfone groups is 1. The van der Waals surface area contributed by atoms with Crippen molar-refractivity contribution in [1.82, 2.24) is 28.2 Å². The van der Waals surface area contributed by atoms with Gasteiger partial charge in [-0.2, -0.15) is 0 Å². The van der Waals surface area contributed by atoms with Gasteiger partial charge in [0.05, 0.1) is 34.6 Å². The SMILES string of the molecule is CCn1cnc2c1c(=O)[nH]c(=O)n2Cc1ccc(CCS(=O)(=O)c2ccc3c(c2)n(C)c(=O)n3C)cc1. The number of rotatable bonds is 7. The van der Waals surface area contributed by atoms with Gasteiger partial charge in [-0.15, -0.1) is 0 Å². The number of aromatic amines is 1. The zero-order valence-corrected chi connectivity index (χ0v) is 21.4. The van der Waals surface area contributed by atoms with E-state index in [0.29, 0.717) is 35.2 Å². The highest BCUT2D eigenvalue weighted by molar-refractivity contribution is 7.91. The average molecular weight is 523 g/mol. The Morgan fingerprint density at radius 1 is 0.919 bits per heavy atom. The molecule has 5 aromatic rings.